The molecular formula is C22H17N3O2. The van der Waals surface area contributed by atoms with E-state index in [1.165, 1.54) is 0 Å². The third-order valence-electron chi connectivity index (χ3n) is 4.30. The molecule has 5 heteroatoms. The zero-order chi connectivity index (χ0) is 18.6. The Kier molecular flexibility index (Phi) is 4.49. The van der Waals surface area contributed by atoms with Gasteiger partial charge in [-0.1, -0.05) is 66.7 Å². The Balaban J connectivity index is 1.74. The molecule has 132 valence electrons. The molecule has 3 aromatic rings. The molecule has 1 aliphatic heterocycles. The van der Waals surface area contributed by atoms with E-state index in [1.54, 1.807) is 24.3 Å². The summed E-state index contributed by atoms with van der Waals surface area (Å²) in [6, 6.07) is 25.9. The zero-order valence-corrected chi connectivity index (χ0v) is 14.4. The first-order valence-corrected chi connectivity index (χ1v) is 8.62. The number of benzene rings is 3. The lowest BCUT2D eigenvalue weighted by atomic mass is 10.0. The first-order valence-electron chi connectivity index (χ1n) is 8.62. The van der Waals surface area contributed by atoms with Gasteiger partial charge in [-0.25, -0.2) is 4.99 Å². The van der Waals surface area contributed by atoms with Gasteiger partial charge in [-0.05, 0) is 18.2 Å². The van der Waals surface area contributed by atoms with Crippen molar-refractivity contribution in [2.75, 3.05) is 5.32 Å². The predicted molar refractivity (Wildman–Crippen MR) is 105 cm³/mol. The summed E-state index contributed by atoms with van der Waals surface area (Å²) in [5.41, 5.74) is 3.49. The number of nitrogens with one attached hydrogen (secondary N) is 2. The van der Waals surface area contributed by atoms with E-state index in [9.17, 15) is 9.59 Å². The van der Waals surface area contributed by atoms with E-state index in [-0.39, 0.29) is 11.8 Å². The molecule has 0 unspecified atom stereocenters. The van der Waals surface area contributed by atoms with Crippen molar-refractivity contribution in [1.82, 2.24) is 5.32 Å². The summed E-state index contributed by atoms with van der Waals surface area (Å²) >= 11 is 0. The van der Waals surface area contributed by atoms with Gasteiger partial charge >= 0.3 is 0 Å². The summed E-state index contributed by atoms with van der Waals surface area (Å²) in [4.78, 5) is 29.8. The summed E-state index contributed by atoms with van der Waals surface area (Å²) in [5, 5.41) is 5.58. The van der Waals surface area contributed by atoms with Crippen molar-refractivity contribution in [3.63, 3.8) is 0 Å². The van der Waals surface area contributed by atoms with Crippen molar-refractivity contribution in [1.29, 1.82) is 0 Å². The highest BCUT2D eigenvalue weighted by atomic mass is 16.2. The Hall–Kier alpha value is -3.73. The molecule has 4 rings (SSSR count). The number of carbonyl (C=O) groups is 2. The molecule has 27 heavy (non-hydrogen) atoms. The molecular weight excluding hydrogens is 338 g/mol. The SMILES string of the molecule is O=C(N[C@H]1N=C(c2ccccc2)c2ccccc2NC1=O)c1ccccc1. The molecule has 0 aromatic heterocycles. The number of amides is 2. The number of anilines is 1. The average Bonchev–Trinajstić information content (AvgIpc) is 2.86. The van der Waals surface area contributed by atoms with Crippen LogP contribution in [0.1, 0.15) is 21.5 Å². The van der Waals surface area contributed by atoms with E-state index >= 15 is 0 Å². The van der Waals surface area contributed by atoms with Gasteiger partial charge in [-0.2, -0.15) is 0 Å². The molecule has 1 aliphatic rings. The van der Waals surface area contributed by atoms with Crippen LogP contribution in [-0.4, -0.2) is 23.7 Å². The second kappa shape index (κ2) is 7.25. The second-order valence-corrected chi connectivity index (χ2v) is 6.12. The minimum atomic E-state index is -1.03. The van der Waals surface area contributed by atoms with Crippen LogP contribution < -0.4 is 10.6 Å². The average molecular weight is 355 g/mol. The van der Waals surface area contributed by atoms with Crippen LogP contribution in [-0.2, 0) is 4.79 Å². The van der Waals surface area contributed by atoms with Gasteiger partial charge in [-0.15, -0.1) is 0 Å². The Morgan fingerprint density at radius 3 is 2.22 bits per heavy atom. The number of rotatable bonds is 3. The van der Waals surface area contributed by atoms with E-state index in [2.05, 4.69) is 15.6 Å². The first kappa shape index (κ1) is 16.7. The lowest BCUT2D eigenvalue weighted by molar-refractivity contribution is -0.117. The maximum atomic E-state index is 12.7. The fraction of sp³-hybridized carbons (Fsp3) is 0.0455. The molecule has 2 N–H and O–H groups in total. The number of hydrogen-bond donors (Lipinski definition) is 2. The topological polar surface area (TPSA) is 70.6 Å². The van der Waals surface area contributed by atoms with Gasteiger partial charge in [0.25, 0.3) is 11.8 Å². The van der Waals surface area contributed by atoms with Crippen LogP contribution in [0.15, 0.2) is 89.9 Å². The minimum absolute atomic E-state index is 0.349. The van der Waals surface area contributed by atoms with E-state index in [0.717, 1.165) is 11.1 Å². The van der Waals surface area contributed by atoms with Gasteiger partial charge < -0.3 is 10.6 Å². The Bertz CT molecular complexity index is 1010. The van der Waals surface area contributed by atoms with Crippen LogP contribution in [0.3, 0.4) is 0 Å². The second-order valence-electron chi connectivity index (χ2n) is 6.12. The number of benzodiazepines with no additional fused rings is 1. The van der Waals surface area contributed by atoms with Crippen LogP contribution in [0.25, 0.3) is 0 Å². The Morgan fingerprint density at radius 1 is 0.852 bits per heavy atom. The number of para-hydroxylation sites is 1. The van der Waals surface area contributed by atoms with Crippen molar-refractivity contribution in [2.24, 2.45) is 4.99 Å². The fourth-order valence-electron chi connectivity index (χ4n) is 2.98. The number of hydrogen-bond acceptors (Lipinski definition) is 3. The van der Waals surface area contributed by atoms with Crippen molar-refractivity contribution in [3.8, 4) is 0 Å². The number of aliphatic imine (C=N–C) groups is 1. The standard InChI is InChI=1S/C22H17N3O2/c26-21(16-11-5-2-6-12-16)25-20-22(27)23-18-14-8-7-13-17(18)19(24-20)15-9-3-1-4-10-15/h1-14,20H,(H,23,27)(H,25,26)/t20-/m1/s1. The van der Waals surface area contributed by atoms with E-state index in [1.807, 2.05) is 60.7 Å². The van der Waals surface area contributed by atoms with Gasteiger partial charge in [0.05, 0.1) is 11.4 Å². The van der Waals surface area contributed by atoms with Gasteiger partial charge in [0.1, 0.15) is 0 Å². The molecule has 0 spiro atoms. The maximum absolute atomic E-state index is 12.7. The molecule has 0 saturated carbocycles. The molecule has 1 heterocycles. The van der Waals surface area contributed by atoms with Gasteiger partial charge in [0.2, 0.25) is 6.17 Å². The van der Waals surface area contributed by atoms with Crippen molar-refractivity contribution in [3.05, 3.63) is 102 Å². The lowest BCUT2D eigenvalue weighted by Crippen LogP contribution is -2.42. The largest absolute Gasteiger partial charge is 0.322 e. The highest BCUT2D eigenvalue weighted by Gasteiger charge is 2.27. The quantitative estimate of drug-likeness (QED) is 0.757. The third kappa shape index (κ3) is 3.48. The number of fused-ring (bicyclic) bond motifs is 1. The number of carbonyl (C=O) groups excluding carboxylic acids is 2. The molecule has 2 amide bonds. The van der Waals surface area contributed by atoms with Crippen LogP contribution in [0.4, 0.5) is 5.69 Å². The van der Waals surface area contributed by atoms with Gasteiger partial charge in [-0.3, -0.25) is 9.59 Å². The molecule has 3 aromatic carbocycles. The minimum Gasteiger partial charge on any atom is -0.322 e. The highest BCUT2D eigenvalue weighted by Crippen LogP contribution is 2.23. The van der Waals surface area contributed by atoms with Crippen LogP contribution >= 0.6 is 0 Å². The summed E-state index contributed by atoms with van der Waals surface area (Å²) in [7, 11) is 0. The lowest BCUT2D eigenvalue weighted by Gasteiger charge is -2.13. The fourth-order valence-corrected chi connectivity index (χ4v) is 2.98. The van der Waals surface area contributed by atoms with Crippen LogP contribution in [0, 0.1) is 0 Å². The van der Waals surface area contributed by atoms with Crippen molar-refractivity contribution in [2.45, 2.75) is 6.17 Å². The normalized spacial score (nSPS) is 15.8. The first-order chi connectivity index (χ1) is 13.2. The summed E-state index contributed by atoms with van der Waals surface area (Å²) in [6.45, 7) is 0. The van der Waals surface area contributed by atoms with E-state index in [0.29, 0.717) is 17.0 Å². The van der Waals surface area contributed by atoms with E-state index in [4.69, 9.17) is 0 Å². The molecule has 0 saturated heterocycles. The summed E-state index contributed by atoms with van der Waals surface area (Å²) in [5.74, 6) is -0.726. The van der Waals surface area contributed by atoms with E-state index < -0.39 is 6.17 Å². The Labute approximate surface area is 156 Å². The van der Waals surface area contributed by atoms with Crippen LogP contribution in [0.5, 0.6) is 0 Å². The smallest absolute Gasteiger partial charge is 0.269 e. The van der Waals surface area contributed by atoms with Crippen molar-refractivity contribution < 1.29 is 9.59 Å². The molecule has 0 bridgehead atoms. The molecule has 5 nitrogen and oxygen atoms in total. The highest BCUT2D eigenvalue weighted by molar-refractivity contribution is 6.20. The van der Waals surface area contributed by atoms with Gasteiger partial charge in [0, 0.05) is 16.7 Å². The van der Waals surface area contributed by atoms with Crippen molar-refractivity contribution >= 4 is 23.2 Å². The molecule has 0 fully saturated rings. The molecule has 0 radical (unpaired) electrons. The Morgan fingerprint density at radius 2 is 1.48 bits per heavy atom. The third-order valence-corrected chi connectivity index (χ3v) is 4.30. The number of nitrogens with zero attached hydrogens (tertiary/aromatic N) is 1. The van der Waals surface area contributed by atoms with Gasteiger partial charge in [0.15, 0.2) is 0 Å². The maximum Gasteiger partial charge on any atom is 0.269 e. The predicted octanol–water partition coefficient (Wildman–Crippen LogP) is 3.23. The summed E-state index contributed by atoms with van der Waals surface area (Å²) in [6.07, 6.45) is -1.03. The monoisotopic (exact) mass is 355 g/mol. The zero-order valence-electron chi connectivity index (χ0n) is 14.4. The summed E-state index contributed by atoms with van der Waals surface area (Å²) < 4.78 is 0. The molecule has 1 atom stereocenters. The molecule has 0 aliphatic carbocycles. The van der Waals surface area contributed by atoms with Crippen LogP contribution in [0.2, 0.25) is 0 Å².